The fourth-order valence-electron chi connectivity index (χ4n) is 3.22. The minimum atomic E-state index is -0.984. The fourth-order valence-corrected chi connectivity index (χ4v) is 3.22. The molecule has 148 valence electrons. The van der Waals surface area contributed by atoms with Crippen LogP contribution in [-0.2, 0) is 12.8 Å². The normalized spacial score (nSPS) is 11.9. The van der Waals surface area contributed by atoms with Crippen LogP contribution in [0.2, 0.25) is 0 Å². The van der Waals surface area contributed by atoms with Crippen LogP contribution in [0.25, 0.3) is 11.0 Å². The van der Waals surface area contributed by atoms with Crippen molar-refractivity contribution in [3.05, 3.63) is 52.3 Å². The Morgan fingerprint density at radius 2 is 1.11 bits per heavy atom. The Kier molecular flexibility index (Phi) is 4.57. The van der Waals surface area contributed by atoms with E-state index in [2.05, 4.69) is 10.2 Å². The molecule has 3 aromatic rings. The first-order valence-corrected chi connectivity index (χ1v) is 8.66. The van der Waals surface area contributed by atoms with Crippen LogP contribution >= 0.6 is 0 Å². The monoisotopic (exact) mass is 390 g/mol. The van der Waals surface area contributed by atoms with E-state index in [9.17, 15) is 29.8 Å². The van der Waals surface area contributed by atoms with Crippen molar-refractivity contribution in [2.24, 2.45) is 11.8 Å². The second-order valence-electron chi connectivity index (χ2n) is 7.43. The van der Waals surface area contributed by atoms with E-state index in [0.717, 1.165) is 0 Å². The van der Waals surface area contributed by atoms with E-state index in [1.165, 1.54) is 0 Å². The van der Waals surface area contributed by atoms with Gasteiger partial charge in [-0.2, -0.15) is 19.2 Å². The molecule has 0 aliphatic carbocycles. The summed E-state index contributed by atoms with van der Waals surface area (Å²) in [4.78, 5) is 47.5. The van der Waals surface area contributed by atoms with Gasteiger partial charge in [0.15, 0.2) is 0 Å². The van der Waals surface area contributed by atoms with E-state index in [1.807, 2.05) is 0 Å². The van der Waals surface area contributed by atoms with Gasteiger partial charge < -0.3 is 0 Å². The van der Waals surface area contributed by atoms with Gasteiger partial charge >= 0.3 is 22.5 Å². The summed E-state index contributed by atoms with van der Waals surface area (Å²) < 4.78 is 1.20. The summed E-state index contributed by atoms with van der Waals surface area (Å²) in [5.41, 5.74) is -4.22. The Labute approximate surface area is 157 Å². The second-order valence-corrected chi connectivity index (χ2v) is 7.43. The molecule has 0 amide bonds. The van der Waals surface area contributed by atoms with Crippen LogP contribution in [0.4, 0.5) is 11.4 Å². The summed E-state index contributed by atoms with van der Waals surface area (Å²) in [6, 6.07) is 0. The van der Waals surface area contributed by atoms with Crippen molar-refractivity contribution in [1.82, 2.24) is 19.2 Å². The van der Waals surface area contributed by atoms with Crippen molar-refractivity contribution >= 4 is 22.4 Å². The minimum absolute atomic E-state index is 0.0208. The predicted octanol–water partition coefficient (Wildman–Crippen LogP) is 1.35. The highest BCUT2D eigenvalue weighted by Crippen LogP contribution is 2.27. The first kappa shape index (κ1) is 19.3. The molecule has 0 N–H and O–H groups in total. The van der Waals surface area contributed by atoms with Crippen LogP contribution in [0.5, 0.6) is 0 Å². The van der Waals surface area contributed by atoms with Crippen LogP contribution < -0.4 is 11.1 Å². The molecule has 3 rings (SSSR count). The summed E-state index contributed by atoms with van der Waals surface area (Å²) in [6.45, 7) is 7.22. The van der Waals surface area contributed by atoms with E-state index in [0.29, 0.717) is 9.03 Å². The molecule has 12 heteroatoms. The molecule has 0 saturated carbocycles. The maximum atomic E-state index is 12.9. The largest absolute Gasteiger partial charge is 0.323 e. The SMILES string of the molecule is CC(C)Cc1nn2c(=O)c3c([N+](=O)[O-])c(CC(C)C)nn3c(=O)c2c1[N+](=O)[O-]. The zero-order chi connectivity index (χ0) is 20.9. The van der Waals surface area contributed by atoms with Crippen molar-refractivity contribution in [1.29, 1.82) is 0 Å². The van der Waals surface area contributed by atoms with Gasteiger partial charge in [-0.15, -0.1) is 0 Å². The summed E-state index contributed by atoms with van der Waals surface area (Å²) in [5, 5.41) is 31.1. The van der Waals surface area contributed by atoms with Gasteiger partial charge in [0.25, 0.3) is 0 Å². The van der Waals surface area contributed by atoms with Gasteiger partial charge in [0.1, 0.15) is 11.4 Å². The number of hydrogen-bond donors (Lipinski definition) is 0. The van der Waals surface area contributed by atoms with Gasteiger partial charge in [-0.05, 0) is 11.8 Å². The van der Waals surface area contributed by atoms with Crippen molar-refractivity contribution in [2.45, 2.75) is 40.5 Å². The van der Waals surface area contributed by atoms with E-state index in [4.69, 9.17) is 0 Å². The number of fused-ring (bicyclic) bond motifs is 2. The maximum absolute atomic E-state index is 12.9. The van der Waals surface area contributed by atoms with Crippen LogP contribution in [-0.4, -0.2) is 29.1 Å². The number of hydrogen-bond acceptors (Lipinski definition) is 8. The molecule has 0 fully saturated rings. The molecule has 28 heavy (non-hydrogen) atoms. The van der Waals surface area contributed by atoms with E-state index < -0.39 is 43.4 Å². The third kappa shape index (κ3) is 2.86. The van der Waals surface area contributed by atoms with Crippen molar-refractivity contribution in [3.8, 4) is 0 Å². The highest BCUT2D eigenvalue weighted by atomic mass is 16.6. The number of nitrogens with zero attached hydrogens (tertiary/aromatic N) is 6. The number of aromatic nitrogens is 4. The highest BCUT2D eigenvalue weighted by molar-refractivity contribution is 5.73. The van der Waals surface area contributed by atoms with E-state index in [-0.39, 0.29) is 36.1 Å². The molecule has 0 unspecified atom stereocenters. The molecule has 0 aliphatic rings. The standard InChI is InChI=1S/C16H18N6O6/c1-7(2)5-9-11(21(25)26)13-15(23)20-14(16(24)19(13)17-9)12(22(27)28)10(18-20)6-8(3)4/h7-8H,5-6H2,1-4H3. The molecule has 0 radical (unpaired) electrons. The van der Waals surface area contributed by atoms with E-state index >= 15 is 0 Å². The summed E-state index contributed by atoms with van der Waals surface area (Å²) in [6.07, 6.45) is 0.333. The van der Waals surface area contributed by atoms with Gasteiger partial charge in [-0.25, -0.2) is 0 Å². The zero-order valence-corrected chi connectivity index (χ0v) is 15.7. The summed E-state index contributed by atoms with van der Waals surface area (Å²) in [7, 11) is 0. The third-order valence-corrected chi connectivity index (χ3v) is 4.22. The quantitative estimate of drug-likeness (QED) is 0.451. The third-order valence-electron chi connectivity index (χ3n) is 4.22. The molecule has 0 aliphatic heterocycles. The lowest BCUT2D eigenvalue weighted by Crippen LogP contribution is -2.27. The van der Waals surface area contributed by atoms with Gasteiger partial charge in [0, 0.05) is 12.8 Å². The molecule has 0 spiro atoms. The smallest absolute Gasteiger partial charge is 0.265 e. The summed E-state index contributed by atoms with van der Waals surface area (Å²) >= 11 is 0. The lowest BCUT2D eigenvalue weighted by Gasteiger charge is -1.99. The first-order valence-electron chi connectivity index (χ1n) is 8.66. The summed E-state index contributed by atoms with van der Waals surface area (Å²) in [5.74, 6) is -0.0465. The van der Waals surface area contributed by atoms with Crippen molar-refractivity contribution in [3.63, 3.8) is 0 Å². The lowest BCUT2D eigenvalue weighted by molar-refractivity contribution is -0.384. The number of nitro groups is 2. The van der Waals surface area contributed by atoms with Crippen molar-refractivity contribution < 1.29 is 9.85 Å². The van der Waals surface area contributed by atoms with Crippen LogP contribution in [0.3, 0.4) is 0 Å². The van der Waals surface area contributed by atoms with Gasteiger partial charge in [-0.3, -0.25) is 29.8 Å². The Bertz CT molecular complexity index is 1130. The predicted molar refractivity (Wildman–Crippen MR) is 98.1 cm³/mol. The Morgan fingerprint density at radius 3 is 1.36 bits per heavy atom. The van der Waals surface area contributed by atoms with Gasteiger partial charge in [-0.1, -0.05) is 27.7 Å². The maximum Gasteiger partial charge on any atom is 0.323 e. The van der Waals surface area contributed by atoms with Gasteiger partial charge in [0.2, 0.25) is 11.0 Å². The molecular formula is C16H18N6O6. The highest BCUT2D eigenvalue weighted by Gasteiger charge is 2.34. The van der Waals surface area contributed by atoms with Crippen LogP contribution in [0.1, 0.15) is 39.1 Å². The van der Waals surface area contributed by atoms with Crippen molar-refractivity contribution in [2.75, 3.05) is 0 Å². The van der Waals surface area contributed by atoms with Crippen LogP contribution in [0.15, 0.2) is 9.59 Å². The molecule has 0 bridgehead atoms. The molecule has 12 nitrogen and oxygen atoms in total. The molecule has 0 saturated heterocycles. The topological polar surface area (TPSA) is 155 Å². The molecule has 3 aromatic heterocycles. The molecule has 0 aromatic carbocycles. The Morgan fingerprint density at radius 1 is 0.786 bits per heavy atom. The zero-order valence-electron chi connectivity index (χ0n) is 15.7. The van der Waals surface area contributed by atoms with E-state index in [1.54, 1.807) is 27.7 Å². The minimum Gasteiger partial charge on any atom is -0.265 e. The second kappa shape index (κ2) is 6.62. The molecule has 0 atom stereocenters. The van der Waals surface area contributed by atoms with Crippen LogP contribution in [0, 0.1) is 32.1 Å². The lowest BCUT2D eigenvalue weighted by atomic mass is 10.1. The molecular weight excluding hydrogens is 372 g/mol. The first-order chi connectivity index (χ1) is 13.0. The average Bonchev–Trinajstić information content (AvgIpc) is 3.10. The Balaban J connectivity index is 2.52. The van der Waals surface area contributed by atoms with Gasteiger partial charge in [0.05, 0.1) is 9.85 Å². The average molecular weight is 390 g/mol. The molecule has 3 heterocycles. The number of rotatable bonds is 6. The Hall–Kier alpha value is -3.44. The fraction of sp³-hybridized carbons (Fsp3) is 0.500.